The third-order valence-corrected chi connectivity index (χ3v) is 2.59. The van der Waals surface area contributed by atoms with Gasteiger partial charge in [0.25, 0.3) is 0 Å². The summed E-state index contributed by atoms with van der Waals surface area (Å²) in [6, 6.07) is 1.69. The van der Waals surface area contributed by atoms with Gasteiger partial charge < -0.3 is 9.47 Å². The molecule has 18 heavy (non-hydrogen) atoms. The van der Waals surface area contributed by atoms with E-state index in [1.807, 2.05) is 27.7 Å². The second kappa shape index (κ2) is 5.96. The number of ether oxygens (including phenoxy) is 2. The standard InChI is InChI=1S/C14H21NO3/c1-6-18-13(14(2,3)4)12(16)10-7-11(17-5)9-15-8-10/h7-9,13H,6H2,1-5H3. The van der Waals surface area contributed by atoms with Crippen LogP contribution in [0.5, 0.6) is 5.75 Å². The summed E-state index contributed by atoms with van der Waals surface area (Å²) in [5.74, 6) is 0.515. The van der Waals surface area contributed by atoms with Crippen LogP contribution < -0.4 is 4.74 Å². The summed E-state index contributed by atoms with van der Waals surface area (Å²) in [5.41, 5.74) is 0.263. The number of rotatable bonds is 5. The highest BCUT2D eigenvalue weighted by atomic mass is 16.5. The van der Waals surface area contributed by atoms with Gasteiger partial charge in [-0.1, -0.05) is 20.8 Å². The van der Waals surface area contributed by atoms with Crippen molar-refractivity contribution in [2.45, 2.75) is 33.8 Å². The van der Waals surface area contributed by atoms with Gasteiger partial charge in [0.2, 0.25) is 0 Å². The average Bonchev–Trinajstić information content (AvgIpc) is 2.34. The second-order valence-corrected chi connectivity index (χ2v) is 5.18. The van der Waals surface area contributed by atoms with E-state index >= 15 is 0 Å². The van der Waals surface area contributed by atoms with Crippen molar-refractivity contribution in [2.75, 3.05) is 13.7 Å². The Balaban J connectivity index is 3.02. The maximum absolute atomic E-state index is 12.4. The van der Waals surface area contributed by atoms with Crippen molar-refractivity contribution in [1.29, 1.82) is 0 Å². The minimum Gasteiger partial charge on any atom is -0.495 e. The molecule has 0 radical (unpaired) electrons. The summed E-state index contributed by atoms with van der Waals surface area (Å²) in [4.78, 5) is 16.4. The van der Waals surface area contributed by atoms with Gasteiger partial charge in [-0.15, -0.1) is 0 Å². The highest BCUT2D eigenvalue weighted by molar-refractivity contribution is 6.00. The summed E-state index contributed by atoms with van der Waals surface area (Å²) < 4.78 is 10.7. The Hall–Kier alpha value is -1.42. The molecule has 0 saturated carbocycles. The molecule has 1 rings (SSSR count). The van der Waals surface area contributed by atoms with Gasteiger partial charge in [-0.05, 0) is 18.4 Å². The molecule has 1 atom stereocenters. The minimum absolute atomic E-state index is 0.0595. The van der Waals surface area contributed by atoms with Gasteiger partial charge in [-0.2, -0.15) is 0 Å². The zero-order valence-electron chi connectivity index (χ0n) is 11.7. The minimum atomic E-state index is -0.476. The van der Waals surface area contributed by atoms with Crippen LogP contribution in [0.1, 0.15) is 38.1 Å². The van der Waals surface area contributed by atoms with Gasteiger partial charge in [0.15, 0.2) is 5.78 Å². The predicted octanol–water partition coefficient (Wildman–Crippen LogP) is 2.72. The van der Waals surface area contributed by atoms with Crippen LogP contribution in [0.15, 0.2) is 18.5 Å². The number of aromatic nitrogens is 1. The monoisotopic (exact) mass is 251 g/mol. The Morgan fingerprint density at radius 2 is 2.06 bits per heavy atom. The molecular formula is C14H21NO3. The van der Waals surface area contributed by atoms with Crippen LogP contribution in [-0.2, 0) is 4.74 Å². The molecule has 0 fully saturated rings. The smallest absolute Gasteiger partial charge is 0.193 e. The summed E-state index contributed by atoms with van der Waals surface area (Å²) in [7, 11) is 1.55. The first-order valence-electron chi connectivity index (χ1n) is 6.05. The summed E-state index contributed by atoms with van der Waals surface area (Å²) in [6.45, 7) is 8.34. The number of pyridine rings is 1. The molecule has 100 valence electrons. The van der Waals surface area contributed by atoms with Gasteiger partial charge in [-0.25, -0.2) is 0 Å². The number of hydrogen-bond donors (Lipinski definition) is 0. The van der Waals surface area contributed by atoms with E-state index in [-0.39, 0.29) is 11.2 Å². The molecule has 0 amide bonds. The summed E-state index contributed by atoms with van der Waals surface area (Å²) in [6.07, 6.45) is 2.64. The van der Waals surface area contributed by atoms with E-state index in [1.54, 1.807) is 25.6 Å². The van der Waals surface area contributed by atoms with Crippen LogP contribution in [0.25, 0.3) is 0 Å². The number of carbonyl (C=O) groups excluding carboxylic acids is 1. The van der Waals surface area contributed by atoms with Crippen molar-refractivity contribution in [3.63, 3.8) is 0 Å². The van der Waals surface area contributed by atoms with E-state index in [0.717, 1.165) is 0 Å². The normalized spacial score (nSPS) is 13.2. The van der Waals surface area contributed by atoms with Gasteiger partial charge in [-0.3, -0.25) is 9.78 Å². The third kappa shape index (κ3) is 3.53. The molecule has 0 spiro atoms. The third-order valence-electron chi connectivity index (χ3n) is 2.59. The van der Waals surface area contributed by atoms with Crippen LogP contribution in [0.3, 0.4) is 0 Å². The van der Waals surface area contributed by atoms with E-state index < -0.39 is 6.10 Å². The molecule has 1 aromatic heterocycles. The Bertz CT molecular complexity index is 410. The number of hydrogen-bond acceptors (Lipinski definition) is 4. The fraction of sp³-hybridized carbons (Fsp3) is 0.571. The van der Waals surface area contributed by atoms with Gasteiger partial charge >= 0.3 is 0 Å². The fourth-order valence-electron chi connectivity index (χ4n) is 1.70. The molecule has 1 unspecified atom stereocenters. The van der Waals surface area contributed by atoms with Crippen molar-refractivity contribution in [3.8, 4) is 5.75 Å². The van der Waals surface area contributed by atoms with Crippen LogP contribution in [-0.4, -0.2) is 30.6 Å². The first-order chi connectivity index (χ1) is 8.40. The Morgan fingerprint density at radius 1 is 1.39 bits per heavy atom. The van der Waals surface area contributed by atoms with E-state index in [0.29, 0.717) is 17.9 Å². The maximum Gasteiger partial charge on any atom is 0.193 e. The van der Waals surface area contributed by atoms with Crippen molar-refractivity contribution >= 4 is 5.78 Å². The van der Waals surface area contributed by atoms with Crippen LogP contribution >= 0.6 is 0 Å². The van der Waals surface area contributed by atoms with Crippen molar-refractivity contribution in [1.82, 2.24) is 4.98 Å². The first-order valence-corrected chi connectivity index (χ1v) is 6.05. The summed E-state index contributed by atoms with van der Waals surface area (Å²) >= 11 is 0. The van der Waals surface area contributed by atoms with Crippen LogP contribution in [0.4, 0.5) is 0 Å². The Labute approximate surface area is 108 Å². The largest absolute Gasteiger partial charge is 0.495 e. The molecule has 0 bridgehead atoms. The van der Waals surface area contributed by atoms with E-state index in [2.05, 4.69) is 4.98 Å². The molecule has 0 aliphatic rings. The fourth-order valence-corrected chi connectivity index (χ4v) is 1.70. The number of Topliss-reactive ketones (excluding diaryl/α,β-unsaturated/α-hetero) is 1. The number of carbonyl (C=O) groups is 1. The quantitative estimate of drug-likeness (QED) is 0.755. The first kappa shape index (κ1) is 14.6. The topological polar surface area (TPSA) is 48.4 Å². The maximum atomic E-state index is 12.4. The number of ketones is 1. The highest BCUT2D eigenvalue weighted by Crippen LogP contribution is 2.26. The van der Waals surface area contributed by atoms with Crippen LogP contribution in [0.2, 0.25) is 0 Å². The van der Waals surface area contributed by atoms with Gasteiger partial charge in [0, 0.05) is 18.4 Å². The molecule has 0 N–H and O–H groups in total. The van der Waals surface area contributed by atoms with E-state index in [4.69, 9.17) is 9.47 Å². The molecule has 4 heteroatoms. The highest BCUT2D eigenvalue weighted by Gasteiger charge is 2.32. The SMILES string of the molecule is CCOC(C(=O)c1cncc(OC)c1)C(C)(C)C. The predicted molar refractivity (Wildman–Crippen MR) is 70.0 cm³/mol. The van der Waals surface area contributed by atoms with Crippen LogP contribution in [0, 0.1) is 5.41 Å². The zero-order valence-corrected chi connectivity index (χ0v) is 11.7. The molecular weight excluding hydrogens is 230 g/mol. The lowest BCUT2D eigenvalue weighted by Gasteiger charge is -2.29. The molecule has 0 aliphatic heterocycles. The lowest BCUT2D eigenvalue weighted by Crippen LogP contribution is -2.37. The summed E-state index contributed by atoms with van der Waals surface area (Å²) in [5, 5.41) is 0. The molecule has 1 heterocycles. The van der Waals surface area contributed by atoms with Gasteiger partial charge in [0.05, 0.1) is 13.3 Å². The lowest BCUT2D eigenvalue weighted by atomic mass is 9.84. The van der Waals surface area contributed by atoms with Gasteiger partial charge in [0.1, 0.15) is 11.9 Å². The molecule has 0 saturated heterocycles. The van der Waals surface area contributed by atoms with Crippen molar-refractivity contribution in [3.05, 3.63) is 24.0 Å². The molecule has 1 aromatic rings. The van der Waals surface area contributed by atoms with Crippen molar-refractivity contribution < 1.29 is 14.3 Å². The second-order valence-electron chi connectivity index (χ2n) is 5.18. The molecule has 0 aromatic carbocycles. The molecule has 0 aliphatic carbocycles. The lowest BCUT2D eigenvalue weighted by molar-refractivity contribution is -0.000260. The van der Waals surface area contributed by atoms with Crippen molar-refractivity contribution in [2.24, 2.45) is 5.41 Å². The Morgan fingerprint density at radius 3 is 2.56 bits per heavy atom. The molecule has 4 nitrogen and oxygen atoms in total. The zero-order chi connectivity index (χ0) is 13.8. The van der Waals surface area contributed by atoms with E-state index in [9.17, 15) is 4.79 Å². The average molecular weight is 251 g/mol. The number of methoxy groups -OCH3 is 1. The number of nitrogens with zero attached hydrogens (tertiary/aromatic N) is 1. The Kier molecular flexibility index (Phi) is 4.84. The van der Waals surface area contributed by atoms with E-state index in [1.165, 1.54) is 0 Å².